The van der Waals surface area contributed by atoms with Gasteiger partial charge < -0.3 is 24.8 Å². The summed E-state index contributed by atoms with van der Waals surface area (Å²) in [5, 5.41) is 5.96. The van der Waals surface area contributed by atoms with Gasteiger partial charge in [0, 0.05) is 12.6 Å². The zero-order valence-corrected chi connectivity index (χ0v) is 14.8. The third-order valence-electron chi connectivity index (χ3n) is 3.72. The first-order valence-electron chi connectivity index (χ1n) is 8.01. The number of rotatable bonds is 9. The first-order chi connectivity index (χ1) is 12.2. The van der Waals surface area contributed by atoms with Gasteiger partial charge in [-0.3, -0.25) is 4.79 Å². The first kappa shape index (κ1) is 18.4. The van der Waals surface area contributed by atoms with Crippen molar-refractivity contribution in [1.82, 2.24) is 5.32 Å². The Bertz CT molecular complexity index is 704. The second kappa shape index (κ2) is 9.42. The van der Waals surface area contributed by atoms with Gasteiger partial charge in [0.15, 0.2) is 0 Å². The first-order valence-corrected chi connectivity index (χ1v) is 8.01. The van der Waals surface area contributed by atoms with Gasteiger partial charge in [0.05, 0.1) is 33.6 Å². The lowest BCUT2D eigenvalue weighted by molar-refractivity contribution is -0.119. The number of amides is 1. The molecule has 0 unspecified atom stereocenters. The number of benzene rings is 2. The minimum absolute atomic E-state index is 0.0900. The van der Waals surface area contributed by atoms with Crippen molar-refractivity contribution in [1.29, 1.82) is 0 Å². The van der Waals surface area contributed by atoms with Crippen LogP contribution in [0.1, 0.15) is 5.56 Å². The van der Waals surface area contributed by atoms with Gasteiger partial charge in [0.1, 0.15) is 17.2 Å². The molecule has 2 rings (SSSR count). The number of carbonyl (C=O) groups excluding carboxylic acids is 1. The van der Waals surface area contributed by atoms with Crippen molar-refractivity contribution in [2.45, 2.75) is 6.42 Å². The van der Waals surface area contributed by atoms with Gasteiger partial charge in [-0.1, -0.05) is 12.1 Å². The molecule has 0 radical (unpaired) electrons. The molecule has 0 aromatic heterocycles. The van der Waals surface area contributed by atoms with E-state index in [2.05, 4.69) is 10.6 Å². The summed E-state index contributed by atoms with van der Waals surface area (Å²) in [6.07, 6.45) is 0.741. The summed E-state index contributed by atoms with van der Waals surface area (Å²) in [6, 6.07) is 13.2. The zero-order valence-electron chi connectivity index (χ0n) is 14.8. The third-order valence-corrected chi connectivity index (χ3v) is 3.72. The number of nitrogens with one attached hydrogen (secondary N) is 2. The van der Waals surface area contributed by atoms with Gasteiger partial charge in [0.2, 0.25) is 5.91 Å². The van der Waals surface area contributed by atoms with Crippen molar-refractivity contribution in [3.8, 4) is 17.2 Å². The molecule has 6 nitrogen and oxygen atoms in total. The van der Waals surface area contributed by atoms with Crippen LogP contribution in [-0.2, 0) is 11.2 Å². The average Bonchev–Trinajstić information content (AvgIpc) is 2.66. The summed E-state index contributed by atoms with van der Waals surface area (Å²) in [5.41, 5.74) is 1.83. The summed E-state index contributed by atoms with van der Waals surface area (Å²) in [5.74, 6) is 2.08. The van der Waals surface area contributed by atoms with Crippen LogP contribution in [0, 0.1) is 0 Å². The molecule has 0 aliphatic heterocycles. The summed E-state index contributed by atoms with van der Waals surface area (Å²) in [6.45, 7) is 0.713. The molecule has 0 atom stereocenters. The SMILES string of the molecule is COc1cccc(CCNC(=O)CNc2cc(OC)ccc2OC)c1. The molecule has 0 saturated heterocycles. The smallest absolute Gasteiger partial charge is 0.239 e. The predicted octanol–water partition coefficient (Wildman–Crippen LogP) is 2.48. The summed E-state index contributed by atoms with van der Waals surface area (Å²) < 4.78 is 15.7. The van der Waals surface area contributed by atoms with Crippen LogP contribution in [0.15, 0.2) is 42.5 Å². The summed E-state index contributed by atoms with van der Waals surface area (Å²) in [4.78, 5) is 12.0. The van der Waals surface area contributed by atoms with Gasteiger partial charge in [-0.25, -0.2) is 0 Å². The van der Waals surface area contributed by atoms with Crippen LogP contribution in [0.25, 0.3) is 0 Å². The molecule has 2 aromatic carbocycles. The van der Waals surface area contributed by atoms with E-state index in [0.717, 1.165) is 17.7 Å². The van der Waals surface area contributed by atoms with E-state index in [-0.39, 0.29) is 12.5 Å². The van der Waals surface area contributed by atoms with Crippen molar-refractivity contribution >= 4 is 11.6 Å². The molecule has 134 valence electrons. The molecule has 0 bridgehead atoms. The Morgan fingerprint density at radius 3 is 2.44 bits per heavy atom. The van der Waals surface area contributed by atoms with Crippen LogP contribution >= 0.6 is 0 Å². The van der Waals surface area contributed by atoms with Crippen molar-refractivity contribution in [3.05, 3.63) is 48.0 Å². The highest BCUT2D eigenvalue weighted by Gasteiger charge is 2.07. The van der Waals surface area contributed by atoms with Crippen molar-refractivity contribution in [2.75, 3.05) is 39.7 Å². The second-order valence-electron chi connectivity index (χ2n) is 5.37. The number of ether oxygens (including phenoxy) is 3. The minimum Gasteiger partial charge on any atom is -0.497 e. The highest BCUT2D eigenvalue weighted by molar-refractivity contribution is 5.81. The van der Waals surface area contributed by atoms with E-state index < -0.39 is 0 Å². The van der Waals surface area contributed by atoms with E-state index in [1.807, 2.05) is 24.3 Å². The van der Waals surface area contributed by atoms with E-state index in [0.29, 0.717) is 23.7 Å². The van der Waals surface area contributed by atoms with Crippen molar-refractivity contribution in [2.24, 2.45) is 0 Å². The fraction of sp³-hybridized carbons (Fsp3) is 0.316. The highest BCUT2D eigenvalue weighted by atomic mass is 16.5. The molecular formula is C19H24N2O4. The zero-order chi connectivity index (χ0) is 18.1. The Kier molecular flexibility index (Phi) is 6.95. The molecule has 25 heavy (non-hydrogen) atoms. The lowest BCUT2D eigenvalue weighted by Crippen LogP contribution is -2.31. The second-order valence-corrected chi connectivity index (χ2v) is 5.37. The quantitative estimate of drug-likeness (QED) is 0.731. The average molecular weight is 344 g/mol. The standard InChI is InChI=1S/C19H24N2O4/c1-23-15-6-4-5-14(11-15)9-10-20-19(22)13-21-17-12-16(24-2)7-8-18(17)25-3/h4-8,11-12,21H,9-10,13H2,1-3H3,(H,20,22). The molecule has 0 fully saturated rings. The minimum atomic E-state index is -0.0900. The maximum Gasteiger partial charge on any atom is 0.239 e. The highest BCUT2D eigenvalue weighted by Crippen LogP contribution is 2.28. The van der Waals surface area contributed by atoms with Crippen LogP contribution < -0.4 is 24.8 Å². The Morgan fingerprint density at radius 2 is 1.72 bits per heavy atom. The van der Waals surface area contributed by atoms with Crippen molar-refractivity contribution in [3.63, 3.8) is 0 Å². The topological polar surface area (TPSA) is 68.8 Å². The van der Waals surface area contributed by atoms with Crippen LogP contribution in [0.5, 0.6) is 17.2 Å². The maximum atomic E-state index is 12.0. The van der Waals surface area contributed by atoms with E-state index in [1.165, 1.54) is 0 Å². The summed E-state index contributed by atoms with van der Waals surface area (Å²) >= 11 is 0. The molecular weight excluding hydrogens is 320 g/mol. The van der Waals surface area contributed by atoms with E-state index in [1.54, 1.807) is 39.5 Å². The molecule has 2 aromatic rings. The molecule has 0 spiro atoms. The Hall–Kier alpha value is -2.89. The van der Waals surface area contributed by atoms with Gasteiger partial charge in [-0.05, 0) is 36.2 Å². The number of carbonyl (C=O) groups is 1. The van der Waals surface area contributed by atoms with Crippen LogP contribution in [0.4, 0.5) is 5.69 Å². The number of hydrogen-bond donors (Lipinski definition) is 2. The third kappa shape index (κ3) is 5.60. The lowest BCUT2D eigenvalue weighted by atomic mass is 10.1. The largest absolute Gasteiger partial charge is 0.497 e. The Morgan fingerprint density at radius 1 is 0.960 bits per heavy atom. The molecule has 1 amide bonds. The fourth-order valence-corrected chi connectivity index (χ4v) is 2.36. The summed E-state index contributed by atoms with van der Waals surface area (Å²) in [7, 11) is 4.82. The molecule has 0 aliphatic carbocycles. The monoisotopic (exact) mass is 344 g/mol. The Labute approximate surface area is 148 Å². The van der Waals surface area contributed by atoms with Crippen LogP contribution in [0.3, 0.4) is 0 Å². The molecule has 2 N–H and O–H groups in total. The lowest BCUT2D eigenvalue weighted by Gasteiger charge is -2.12. The fourth-order valence-electron chi connectivity index (χ4n) is 2.36. The van der Waals surface area contributed by atoms with Crippen LogP contribution in [-0.4, -0.2) is 40.3 Å². The van der Waals surface area contributed by atoms with Gasteiger partial charge >= 0.3 is 0 Å². The van der Waals surface area contributed by atoms with Gasteiger partial charge in [-0.2, -0.15) is 0 Å². The maximum absolute atomic E-state index is 12.0. The van der Waals surface area contributed by atoms with Gasteiger partial charge in [0.25, 0.3) is 0 Å². The van der Waals surface area contributed by atoms with Gasteiger partial charge in [-0.15, -0.1) is 0 Å². The molecule has 0 aliphatic rings. The predicted molar refractivity (Wildman–Crippen MR) is 97.7 cm³/mol. The van der Waals surface area contributed by atoms with E-state index >= 15 is 0 Å². The van der Waals surface area contributed by atoms with Crippen molar-refractivity contribution < 1.29 is 19.0 Å². The molecule has 0 heterocycles. The normalized spacial score (nSPS) is 10.0. The van der Waals surface area contributed by atoms with E-state index in [9.17, 15) is 4.79 Å². The number of anilines is 1. The molecule has 6 heteroatoms. The Balaban J connectivity index is 1.80. The van der Waals surface area contributed by atoms with Crippen LogP contribution in [0.2, 0.25) is 0 Å². The number of methoxy groups -OCH3 is 3. The number of hydrogen-bond acceptors (Lipinski definition) is 5. The molecule has 0 saturated carbocycles. The van der Waals surface area contributed by atoms with E-state index in [4.69, 9.17) is 14.2 Å².